The number of carboxylic acid groups (broad SMARTS) is 1. The van der Waals surface area contributed by atoms with Gasteiger partial charge in [-0.15, -0.1) is 11.3 Å². The number of carboxylic acids is 1. The van der Waals surface area contributed by atoms with Gasteiger partial charge < -0.3 is 25.5 Å². The van der Waals surface area contributed by atoms with E-state index in [0.717, 1.165) is 29.4 Å². The number of carbonyl (C=O) groups excluding carboxylic acids is 1. The van der Waals surface area contributed by atoms with Crippen molar-refractivity contribution < 1.29 is 27.5 Å². The first-order valence-corrected chi connectivity index (χ1v) is 13.0. The minimum absolute atomic E-state index is 0.0312. The number of furan rings is 1. The van der Waals surface area contributed by atoms with Crippen LogP contribution in [-0.4, -0.2) is 57.0 Å². The van der Waals surface area contributed by atoms with Crippen molar-refractivity contribution in [1.82, 2.24) is 15.4 Å². The van der Waals surface area contributed by atoms with Crippen molar-refractivity contribution in [2.75, 3.05) is 25.0 Å². The molecule has 0 bridgehead atoms. The number of sulfonamides is 1. The second-order valence-corrected chi connectivity index (χ2v) is 10.3. The number of aliphatic carboxylic acids is 1. The van der Waals surface area contributed by atoms with Gasteiger partial charge in [0.1, 0.15) is 11.8 Å². The molecule has 5 N–H and O–H groups in total. The van der Waals surface area contributed by atoms with Gasteiger partial charge in [-0.25, -0.2) is 8.42 Å². The summed E-state index contributed by atoms with van der Waals surface area (Å²) in [6.45, 7) is 1.15. The van der Waals surface area contributed by atoms with Crippen molar-refractivity contribution in [3.8, 4) is 10.6 Å². The zero-order valence-corrected chi connectivity index (χ0v) is 20.0. The van der Waals surface area contributed by atoms with Gasteiger partial charge in [-0.1, -0.05) is 18.2 Å². The average molecular weight is 518 g/mol. The number of hydrogen-bond donors (Lipinski definition) is 5. The van der Waals surface area contributed by atoms with Gasteiger partial charge in [0, 0.05) is 19.6 Å². The molecule has 11 nitrogen and oxygen atoms in total. The number of nitrogens with zero attached hydrogens (tertiary/aromatic N) is 1. The molecule has 1 aliphatic heterocycles. The topological polar surface area (TPSA) is 162 Å². The number of nitrogens with one attached hydrogen (secondary N) is 4. The summed E-state index contributed by atoms with van der Waals surface area (Å²) in [6.07, 6.45) is 0.990. The van der Waals surface area contributed by atoms with Crippen LogP contribution in [0.3, 0.4) is 0 Å². The quantitative estimate of drug-likeness (QED) is 0.288. The molecule has 2 aromatic heterocycles. The first kappa shape index (κ1) is 24.4. The molecule has 4 rings (SSSR count). The lowest BCUT2D eigenvalue weighted by atomic mass is 10.3. The number of hydrogen-bond acceptors (Lipinski definition) is 9. The number of benzene rings is 1. The third kappa shape index (κ3) is 6.26. The van der Waals surface area contributed by atoms with Gasteiger partial charge in [-0.2, -0.15) is 4.72 Å². The normalized spacial score (nSPS) is 14.5. The van der Waals surface area contributed by atoms with E-state index in [-0.39, 0.29) is 10.7 Å². The number of thiophene rings is 1. The number of rotatable bonds is 9. The molecule has 1 aromatic carbocycles. The van der Waals surface area contributed by atoms with E-state index in [4.69, 9.17) is 4.42 Å². The van der Waals surface area contributed by atoms with Crippen molar-refractivity contribution in [3.05, 3.63) is 60.4 Å². The van der Waals surface area contributed by atoms with Crippen LogP contribution in [0, 0.1) is 0 Å². The predicted octanol–water partition coefficient (Wildman–Crippen LogP) is 1.93. The number of anilines is 1. The minimum atomic E-state index is -4.08. The second-order valence-electron chi connectivity index (χ2n) is 7.50. The average Bonchev–Trinajstić information content (AvgIpc) is 3.52. The van der Waals surface area contributed by atoms with Gasteiger partial charge in [0.05, 0.1) is 14.8 Å². The first-order valence-electron chi connectivity index (χ1n) is 10.7. The first-order chi connectivity index (χ1) is 16.8. The Morgan fingerprint density at radius 3 is 2.66 bits per heavy atom. The SMILES string of the molecule is O=C(NC[C@H](NS(=O)(=O)c1ccccc1)C(=O)O)c1ccc(-c2ccc(NC3=NCCCN3)s2)o1. The van der Waals surface area contributed by atoms with Gasteiger partial charge >= 0.3 is 5.97 Å². The Kier molecular flexibility index (Phi) is 7.48. The monoisotopic (exact) mass is 517 g/mol. The van der Waals surface area contributed by atoms with E-state index in [1.165, 1.54) is 41.7 Å². The number of guanidine groups is 1. The molecular formula is C22H23N5O6S2. The largest absolute Gasteiger partial charge is 0.480 e. The van der Waals surface area contributed by atoms with E-state index in [1.807, 2.05) is 12.1 Å². The molecule has 3 heterocycles. The predicted molar refractivity (Wildman–Crippen MR) is 131 cm³/mol. The third-order valence-corrected chi connectivity index (χ3v) is 7.44. The zero-order chi connectivity index (χ0) is 24.8. The Balaban J connectivity index is 1.37. The highest BCUT2D eigenvalue weighted by Gasteiger charge is 2.26. The Hall–Kier alpha value is -3.68. The number of aliphatic imine (C=N–C) groups is 1. The molecule has 1 atom stereocenters. The summed E-state index contributed by atoms with van der Waals surface area (Å²) in [5.74, 6) is -0.958. The number of amides is 1. The number of carbonyl (C=O) groups is 2. The van der Waals surface area contributed by atoms with Crippen molar-refractivity contribution in [2.45, 2.75) is 17.4 Å². The lowest BCUT2D eigenvalue weighted by Crippen LogP contribution is -2.48. The minimum Gasteiger partial charge on any atom is -0.480 e. The van der Waals surface area contributed by atoms with Crippen molar-refractivity contribution >= 4 is 44.2 Å². The lowest BCUT2D eigenvalue weighted by Gasteiger charge is -2.15. The maximum atomic E-state index is 12.5. The van der Waals surface area contributed by atoms with E-state index >= 15 is 0 Å². The summed E-state index contributed by atoms with van der Waals surface area (Å²) in [6, 6.07) is 12.6. The summed E-state index contributed by atoms with van der Waals surface area (Å²) in [7, 11) is -4.08. The molecule has 13 heteroatoms. The highest BCUT2D eigenvalue weighted by atomic mass is 32.2. The van der Waals surface area contributed by atoms with Crippen LogP contribution in [0.5, 0.6) is 0 Å². The molecule has 0 saturated carbocycles. The maximum Gasteiger partial charge on any atom is 0.323 e. The van der Waals surface area contributed by atoms with E-state index < -0.39 is 34.5 Å². The van der Waals surface area contributed by atoms with E-state index in [2.05, 4.69) is 25.7 Å². The molecule has 0 fully saturated rings. The molecule has 35 heavy (non-hydrogen) atoms. The van der Waals surface area contributed by atoms with Crippen LogP contribution in [0.15, 0.2) is 68.9 Å². The smallest absolute Gasteiger partial charge is 0.323 e. The molecule has 184 valence electrons. The van der Waals surface area contributed by atoms with Crippen LogP contribution in [-0.2, 0) is 14.8 Å². The van der Waals surface area contributed by atoms with E-state index in [0.29, 0.717) is 11.7 Å². The van der Waals surface area contributed by atoms with Crippen molar-refractivity contribution in [2.24, 2.45) is 4.99 Å². The fraction of sp³-hybridized carbons (Fsp3) is 0.227. The molecular weight excluding hydrogens is 494 g/mol. The van der Waals surface area contributed by atoms with Gasteiger partial charge in [-0.05, 0) is 42.8 Å². The summed E-state index contributed by atoms with van der Waals surface area (Å²) in [4.78, 5) is 29.1. The van der Waals surface area contributed by atoms with E-state index in [9.17, 15) is 23.1 Å². The molecule has 0 aliphatic carbocycles. The Bertz CT molecular complexity index is 1330. The van der Waals surface area contributed by atoms with Gasteiger partial charge in [0.15, 0.2) is 11.7 Å². The fourth-order valence-electron chi connectivity index (χ4n) is 3.18. The van der Waals surface area contributed by atoms with Crippen LogP contribution >= 0.6 is 11.3 Å². The van der Waals surface area contributed by atoms with Crippen molar-refractivity contribution in [1.29, 1.82) is 0 Å². The highest BCUT2D eigenvalue weighted by Crippen LogP contribution is 2.32. The van der Waals surface area contributed by atoms with E-state index in [1.54, 1.807) is 12.1 Å². The molecule has 3 aromatic rings. The standard InChI is InChI=1S/C22H23N5O6S2/c28-20(25-13-15(21(29)30)27-35(31,32)14-5-2-1-3-6-14)17-8-7-16(33-17)18-9-10-19(34-18)26-22-23-11-4-12-24-22/h1-3,5-10,15,27H,4,11-13H2,(H,25,28)(H,29,30)(H2,23,24,26)/t15-/m0/s1. The Morgan fingerprint density at radius 1 is 1.14 bits per heavy atom. The van der Waals surface area contributed by atoms with Crippen LogP contribution < -0.4 is 20.7 Å². The summed E-state index contributed by atoms with van der Waals surface area (Å²) < 4.78 is 32.6. The van der Waals surface area contributed by atoms with Crippen molar-refractivity contribution in [3.63, 3.8) is 0 Å². The Morgan fingerprint density at radius 2 is 1.94 bits per heavy atom. The summed E-state index contributed by atoms with van der Waals surface area (Å²) in [5, 5.41) is 19.1. The summed E-state index contributed by atoms with van der Waals surface area (Å²) in [5.41, 5.74) is 0. The van der Waals surface area contributed by atoms with Gasteiger partial charge in [0.2, 0.25) is 10.0 Å². The van der Waals surface area contributed by atoms with Gasteiger partial charge in [0.25, 0.3) is 5.91 Å². The molecule has 1 amide bonds. The Labute approximate surface area is 205 Å². The van der Waals surface area contributed by atoms with Gasteiger partial charge in [-0.3, -0.25) is 14.6 Å². The molecule has 0 unspecified atom stereocenters. The molecule has 0 spiro atoms. The zero-order valence-electron chi connectivity index (χ0n) is 18.4. The van der Waals surface area contributed by atoms with Crippen LogP contribution in [0.1, 0.15) is 17.0 Å². The molecule has 0 radical (unpaired) electrons. The van der Waals surface area contributed by atoms with Crippen LogP contribution in [0.25, 0.3) is 10.6 Å². The fourth-order valence-corrected chi connectivity index (χ4v) is 5.26. The maximum absolute atomic E-state index is 12.5. The van der Waals surface area contributed by atoms with Crippen LogP contribution in [0.4, 0.5) is 5.00 Å². The van der Waals surface area contributed by atoms with Crippen LogP contribution in [0.2, 0.25) is 0 Å². The highest BCUT2D eigenvalue weighted by molar-refractivity contribution is 7.89. The second kappa shape index (κ2) is 10.7. The third-order valence-electron chi connectivity index (χ3n) is 4.93. The lowest BCUT2D eigenvalue weighted by molar-refractivity contribution is -0.138. The summed E-state index contributed by atoms with van der Waals surface area (Å²) >= 11 is 1.42. The molecule has 1 aliphatic rings. The molecule has 0 saturated heterocycles.